The minimum absolute atomic E-state index is 0.0592. The van der Waals surface area contributed by atoms with Crippen molar-refractivity contribution in [3.05, 3.63) is 51.0 Å². The van der Waals surface area contributed by atoms with Gasteiger partial charge in [-0.1, -0.05) is 13.0 Å². The van der Waals surface area contributed by atoms with E-state index >= 15 is 0 Å². The Labute approximate surface area is 160 Å². The average molecular weight is 379 g/mol. The highest BCUT2D eigenvalue weighted by atomic mass is 32.1. The van der Waals surface area contributed by atoms with Gasteiger partial charge in [0.2, 0.25) is 0 Å². The van der Waals surface area contributed by atoms with E-state index in [4.69, 9.17) is 0 Å². The fourth-order valence-corrected chi connectivity index (χ4v) is 5.34. The molecule has 0 fully saturated rings. The number of hydrogen-bond acceptors (Lipinski definition) is 5. The first-order valence-corrected chi connectivity index (χ1v) is 10.1. The third-order valence-corrected chi connectivity index (χ3v) is 6.65. The molecule has 0 amide bonds. The van der Waals surface area contributed by atoms with Crippen LogP contribution in [0.25, 0.3) is 21.3 Å². The van der Waals surface area contributed by atoms with E-state index < -0.39 is 0 Å². The normalized spacial score (nSPS) is 17.9. The molecule has 138 valence electrons. The van der Waals surface area contributed by atoms with Gasteiger partial charge in [0, 0.05) is 4.88 Å². The summed E-state index contributed by atoms with van der Waals surface area (Å²) in [7, 11) is 0. The average Bonchev–Trinajstić information content (AvgIpc) is 3.19. The Morgan fingerprint density at radius 3 is 3.00 bits per heavy atom. The molecule has 0 saturated carbocycles. The quantitative estimate of drug-likeness (QED) is 0.499. The maximum atomic E-state index is 11.5. The fourth-order valence-electron chi connectivity index (χ4n) is 3.99. The van der Waals surface area contributed by atoms with Crippen LogP contribution in [0.15, 0.2) is 29.3 Å². The number of aromatic nitrogens is 4. The van der Waals surface area contributed by atoms with Gasteiger partial charge in [0.05, 0.1) is 22.5 Å². The van der Waals surface area contributed by atoms with Gasteiger partial charge in [0.15, 0.2) is 0 Å². The lowest BCUT2D eigenvalue weighted by molar-refractivity contribution is 0.509. The Kier molecular flexibility index (Phi) is 3.79. The highest BCUT2D eigenvalue weighted by molar-refractivity contribution is 7.19. The van der Waals surface area contributed by atoms with Crippen molar-refractivity contribution in [1.82, 2.24) is 19.9 Å². The van der Waals surface area contributed by atoms with E-state index in [2.05, 4.69) is 39.1 Å². The zero-order valence-electron chi connectivity index (χ0n) is 15.3. The predicted octanol–water partition coefficient (Wildman–Crippen LogP) is 4.16. The fraction of sp³-hybridized carbons (Fsp3) is 0.350. The molecule has 2 atom stereocenters. The van der Waals surface area contributed by atoms with Crippen LogP contribution < -0.4 is 11.0 Å². The number of aromatic amines is 2. The molecule has 3 N–H and O–H groups in total. The molecule has 0 radical (unpaired) electrons. The maximum absolute atomic E-state index is 11.5. The highest BCUT2D eigenvalue weighted by Crippen LogP contribution is 2.40. The molecule has 5 rings (SSSR count). The van der Waals surface area contributed by atoms with Gasteiger partial charge < -0.3 is 15.3 Å². The molecule has 0 unspecified atom stereocenters. The molecule has 27 heavy (non-hydrogen) atoms. The minimum atomic E-state index is -0.181. The van der Waals surface area contributed by atoms with Crippen molar-refractivity contribution >= 4 is 38.4 Å². The zero-order valence-corrected chi connectivity index (χ0v) is 16.1. The van der Waals surface area contributed by atoms with Crippen molar-refractivity contribution in [2.75, 3.05) is 5.32 Å². The minimum Gasteiger partial charge on any atom is -0.363 e. The molecular formula is C20H21N5OS. The second-order valence-corrected chi connectivity index (χ2v) is 8.59. The number of imidazole rings is 1. The topological polar surface area (TPSA) is 86.5 Å². The van der Waals surface area contributed by atoms with Crippen molar-refractivity contribution in [2.24, 2.45) is 5.92 Å². The lowest BCUT2D eigenvalue weighted by Gasteiger charge is -2.19. The van der Waals surface area contributed by atoms with Crippen LogP contribution in [0, 0.1) is 5.92 Å². The van der Waals surface area contributed by atoms with E-state index in [-0.39, 0.29) is 11.7 Å². The molecule has 0 aliphatic heterocycles. The molecule has 0 bridgehead atoms. The van der Waals surface area contributed by atoms with Crippen LogP contribution in [-0.4, -0.2) is 19.9 Å². The van der Waals surface area contributed by atoms with Gasteiger partial charge in [-0.3, -0.25) is 0 Å². The molecular weight excluding hydrogens is 358 g/mol. The number of fused-ring (bicyclic) bond motifs is 4. The second kappa shape index (κ2) is 6.20. The number of aryl methyl sites for hydroxylation is 1. The Balaban J connectivity index is 1.52. The predicted molar refractivity (Wildman–Crippen MR) is 110 cm³/mol. The third-order valence-electron chi connectivity index (χ3n) is 5.48. The number of nitrogens with zero attached hydrogens (tertiary/aromatic N) is 2. The van der Waals surface area contributed by atoms with Gasteiger partial charge in [-0.25, -0.2) is 14.8 Å². The number of H-pyrrole nitrogens is 2. The maximum Gasteiger partial charge on any atom is 0.323 e. The number of hydrogen-bond donors (Lipinski definition) is 3. The van der Waals surface area contributed by atoms with Crippen LogP contribution >= 0.6 is 11.3 Å². The molecule has 6 nitrogen and oxygen atoms in total. The highest BCUT2D eigenvalue weighted by Gasteiger charge is 2.23. The molecule has 1 aliphatic rings. The first kappa shape index (κ1) is 16.5. The summed E-state index contributed by atoms with van der Waals surface area (Å²) in [4.78, 5) is 28.7. The molecule has 1 aliphatic carbocycles. The summed E-state index contributed by atoms with van der Waals surface area (Å²) in [5.74, 6) is 1.64. The number of thiophene rings is 1. The summed E-state index contributed by atoms with van der Waals surface area (Å²) in [6.07, 6.45) is 5.11. The zero-order chi connectivity index (χ0) is 18.5. The second-order valence-electron chi connectivity index (χ2n) is 7.50. The third kappa shape index (κ3) is 2.82. The number of rotatable bonds is 3. The van der Waals surface area contributed by atoms with Crippen LogP contribution in [-0.2, 0) is 12.8 Å². The summed E-state index contributed by atoms with van der Waals surface area (Å²) in [5, 5.41) is 4.76. The van der Waals surface area contributed by atoms with Crippen molar-refractivity contribution in [2.45, 2.75) is 39.2 Å². The Hall–Kier alpha value is -2.67. The first-order valence-electron chi connectivity index (χ1n) is 9.32. The number of benzene rings is 1. The van der Waals surface area contributed by atoms with Gasteiger partial charge >= 0.3 is 5.69 Å². The van der Waals surface area contributed by atoms with E-state index in [0.717, 1.165) is 46.0 Å². The SMILES string of the molecule is C[C@@H]1CCc2c(sc3ncnc(N[C@@H](C)c4ccc5[nH]c(=O)[nH]c5c4)c23)C1. The summed E-state index contributed by atoms with van der Waals surface area (Å²) >= 11 is 1.81. The van der Waals surface area contributed by atoms with Crippen LogP contribution in [0.5, 0.6) is 0 Å². The van der Waals surface area contributed by atoms with Gasteiger partial charge in [-0.2, -0.15) is 0 Å². The molecule has 4 aromatic rings. The van der Waals surface area contributed by atoms with E-state index in [1.165, 1.54) is 22.2 Å². The van der Waals surface area contributed by atoms with Crippen molar-refractivity contribution in [1.29, 1.82) is 0 Å². The number of nitrogens with one attached hydrogen (secondary N) is 3. The molecule has 0 saturated heterocycles. The van der Waals surface area contributed by atoms with Gasteiger partial charge in [0.25, 0.3) is 0 Å². The van der Waals surface area contributed by atoms with E-state index in [9.17, 15) is 4.79 Å². The standard InChI is InChI=1S/C20H21N5OS/c1-10-3-5-13-16(7-10)27-19-17(13)18(21-9-22-19)23-11(2)12-4-6-14-15(8-12)25-20(26)24-14/h4,6,8-11H,3,5,7H2,1-2H3,(H,21,22,23)(H2,24,25,26)/t10-,11+/m1/s1. The monoisotopic (exact) mass is 379 g/mol. The largest absolute Gasteiger partial charge is 0.363 e. The van der Waals surface area contributed by atoms with Gasteiger partial charge in [-0.05, 0) is 55.4 Å². The van der Waals surface area contributed by atoms with E-state index in [0.29, 0.717) is 0 Å². The van der Waals surface area contributed by atoms with Crippen molar-refractivity contribution < 1.29 is 0 Å². The number of anilines is 1. The smallest absolute Gasteiger partial charge is 0.323 e. The van der Waals surface area contributed by atoms with Gasteiger partial charge in [0.1, 0.15) is 17.0 Å². The van der Waals surface area contributed by atoms with Crippen LogP contribution in [0.3, 0.4) is 0 Å². The lowest BCUT2D eigenvalue weighted by atomic mass is 9.89. The summed E-state index contributed by atoms with van der Waals surface area (Å²) in [6.45, 7) is 4.43. The molecule has 1 aromatic carbocycles. The van der Waals surface area contributed by atoms with Crippen molar-refractivity contribution in [3.8, 4) is 0 Å². The van der Waals surface area contributed by atoms with Gasteiger partial charge in [-0.15, -0.1) is 11.3 Å². The Bertz CT molecular complexity index is 1200. The first-order chi connectivity index (χ1) is 13.1. The summed E-state index contributed by atoms with van der Waals surface area (Å²) < 4.78 is 0. The Morgan fingerprint density at radius 2 is 2.11 bits per heavy atom. The van der Waals surface area contributed by atoms with Crippen LogP contribution in [0.4, 0.5) is 5.82 Å². The van der Waals surface area contributed by atoms with E-state index in [1.54, 1.807) is 6.33 Å². The van der Waals surface area contributed by atoms with Crippen LogP contribution in [0.2, 0.25) is 0 Å². The Morgan fingerprint density at radius 1 is 1.26 bits per heavy atom. The molecule has 3 aromatic heterocycles. The van der Waals surface area contributed by atoms with E-state index in [1.807, 2.05) is 29.5 Å². The summed E-state index contributed by atoms with van der Waals surface area (Å²) in [6, 6.07) is 6.04. The lowest BCUT2D eigenvalue weighted by Crippen LogP contribution is -2.11. The molecule has 7 heteroatoms. The molecule has 0 spiro atoms. The van der Waals surface area contributed by atoms with Crippen molar-refractivity contribution in [3.63, 3.8) is 0 Å². The molecule has 3 heterocycles. The van der Waals surface area contributed by atoms with Crippen LogP contribution in [0.1, 0.15) is 42.3 Å². The summed E-state index contributed by atoms with van der Waals surface area (Å²) in [5.41, 5.74) is 3.98.